The molecule has 2 aliphatic rings. The monoisotopic (exact) mass is 457 g/mol. The molecule has 0 aromatic heterocycles. The molecule has 0 bridgehead atoms. The number of benzene rings is 2. The lowest BCUT2D eigenvalue weighted by molar-refractivity contribution is -0.136. The Morgan fingerprint density at radius 2 is 1.90 bits per heavy atom. The molecule has 1 atom stereocenters. The van der Waals surface area contributed by atoms with Gasteiger partial charge in [0.15, 0.2) is 0 Å². The summed E-state index contributed by atoms with van der Waals surface area (Å²) in [6.07, 6.45) is 1.97. The SMILES string of the molecule is CSc1ccc(C2NC(=O)N(CC(=O)NCc3ccc(Cl)cc3)C3=C2C(=O)OC3)cc1. The Labute approximate surface area is 188 Å². The van der Waals surface area contributed by atoms with Gasteiger partial charge in [0.05, 0.1) is 17.3 Å². The summed E-state index contributed by atoms with van der Waals surface area (Å²) in [6, 6.07) is 13.7. The van der Waals surface area contributed by atoms with Gasteiger partial charge in [-0.2, -0.15) is 0 Å². The highest BCUT2D eigenvalue weighted by molar-refractivity contribution is 7.98. The van der Waals surface area contributed by atoms with Crippen LogP contribution in [0.4, 0.5) is 4.79 Å². The van der Waals surface area contributed by atoms with Gasteiger partial charge in [-0.25, -0.2) is 9.59 Å². The number of urea groups is 1. The second kappa shape index (κ2) is 9.03. The van der Waals surface area contributed by atoms with Gasteiger partial charge >= 0.3 is 12.0 Å². The van der Waals surface area contributed by atoms with Gasteiger partial charge in [-0.15, -0.1) is 11.8 Å². The molecule has 4 rings (SSSR count). The summed E-state index contributed by atoms with van der Waals surface area (Å²) in [5.41, 5.74) is 2.45. The van der Waals surface area contributed by atoms with Crippen molar-refractivity contribution in [3.8, 4) is 0 Å². The van der Waals surface area contributed by atoms with Crippen LogP contribution in [0.15, 0.2) is 64.7 Å². The van der Waals surface area contributed by atoms with E-state index in [2.05, 4.69) is 10.6 Å². The maximum atomic E-state index is 12.8. The third-order valence-electron chi connectivity index (χ3n) is 5.15. The Bertz CT molecular complexity index is 1050. The van der Waals surface area contributed by atoms with Gasteiger partial charge < -0.3 is 15.4 Å². The zero-order valence-corrected chi connectivity index (χ0v) is 18.3. The van der Waals surface area contributed by atoms with E-state index >= 15 is 0 Å². The molecule has 2 N–H and O–H groups in total. The number of hydrogen-bond donors (Lipinski definition) is 2. The number of nitrogens with one attached hydrogen (secondary N) is 2. The Morgan fingerprint density at radius 1 is 1.19 bits per heavy atom. The molecule has 0 saturated carbocycles. The van der Waals surface area contributed by atoms with Crippen molar-refractivity contribution in [2.24, 2.45) is 0 Å². The Morgan fingerprint density at radius 3 is 2.58 bits per heavy atom. The van der Waals surface area contributed by atoms with Gasteiger partial charge in [-0.05, 0) is 41.6 Å². The zero-order valence-electron chi connectivity index (χ0n) is 16.7. The number of carbonyl (C=O) groups excluding carboxylic acids is 3. The minimum atomic E-state index is -0.609. The van der Waals surface area contributed by atoms with Crippen LogP contribution >= 0.6 is 23.4 Å². The molecule has 2 heterocycles. The zero-order chi connectivity index (χ0) is 22.0. The van der Waals surface area contributed by atoms with Crippen molar-refractivity contribution in [1.29, 1.82) is 0 Å². The number of carbonyl (C=O) groups is 3. The molecular formula is C22H20ClN3O4S. The van der Waals surface area contributed by atoms with Crippen molar-refractivity contribution < 1.29 is 19.1 Å². The van der Waals surface area contributed by atoms with Gasteiger partial charge in [-0.3, -0.25) is 9.69 Å². The lowest BCUT2D eigenvalue weighted by Crippen LogP contribution is -2.50. The van der Waals surface area contributed by atoms with E-state index in [9.17, 15) is 14.4 Å². The minimum Gasteiger partial charge on any atom is -0.456 e. The van der Waals surface area contributed by atoms with Crippen LogP contribution in [0.2, 0.25) is 5.02 Å². The van der Waals surface area contributed by atoms with Crippen molar-refractivity contribution in [3.63, 3.8) is 0 Å². The van der Waals surface area contributed by atoms with E-state index in [4.69, 9.17) is 16.3 Å². The van der Waals surface area contributed by atoms with Gasteiger partial charge in [-0.1, -0.05) is 35.9 Å². The quantitative estimate of drug-likeness (QED) is 0.513. The van der Waals surface area contributed by atoms with Crippen LogP contribution in [0.5, 0.6) is 0 Å². The maximum Gasteiger partial charge on any atom is 0.338 e. The minimum absolute atomic E-state index is 0.0363. The van der Waals surface area contributed by atoms with Crippen LogP contribution < -0.4 is 10.6 Å². The summed E-state index contributed by atoms with van der Waals surface area (Å²) in [4.78, 5) is 40.1. The molecule has 1 unspecified atom stereocenters. The molecule has 0 spiro atoms. The molecule has 2 aromatic rings. The van der Waals surface area contributed by atoms with Crippen molar-refractivity contribution in [1.82, 2.24) is 15.5 Å². The third-order valence-corrected chi connectivity index (χ3v) is 6.15. The standard InChI is InChI=1S/C22H20ClN3O4S/c1-31-16-8-4-14(5-9-16)20-19-17(12-30-21(19)28)26(22(29)25-20)11-18(27)24-10-13-2-6-15(23)7-3-13/h2-9,20H,10-12H2,1H3,(H,24,27)(H,25,29). The second-order valence-electron chi connectivity index (χ2n) is 7.08. The third kappa shape index (κ3) is 4.55. The molecule has 160 valence electrons. The first kappa shape index (κ1) is 21.3. The molecule has 2 aliphatic heterocycles. The second-order valence-corrected chi connectivity index (χ2v) is 8.40. The summed E-state index contributed by atoms with van der Waals surface area (Å²) in [6.45, 7) is 0.0513. The first-order chi connectivity index (χ1) is 15.0. The molecule has 2 aromatic carbocycles. The fraction of sp³-hybridized carbons (Fsp3) is 0.227. The van der Waals surface area contributed by atoms with Crippen molar-refractivity contribution in [3.05, 3.63) is 76.0 Å². The normalized spacial score (nSPS) is 17.9. The fourth-order valence-corrected chi connectivity index (χ4v) is 4.06. The van der Waals surface area contributed by atoms with Gasteiger partial charge in [0.25, 0.3) is 0 Å². The number of thioether (sulfide) groups is 1. The summed E-state index contributed by atoms with van der Waals surface area (Å²) in [5.74, 6) is -0.834. The molecule has 3 amide bonds. The highest BCUT2D eigenvalue weighted by atomic mass is 35.5. The van der Waals surface area contributed by atoms with Gasteiger partial charge in [0.1, 0.15) is 13.2 Å². The number of nitrogens with zero attached hydrogens (tertiary/aromatic N) is 1. The van der Waals surface area contributed by atoms with Gasteiger partial charge in [0, 0.05) is 16.5 Å². The Hall–Kier alpha value is -2.97. The van der Waals surface area contributed by atoms with Crippen molar-refractivity contribution in [2.75, 3.05) is 19.4 Å². The van der Waals surface area contributed by atoms with E-state index < -0.39 is 18.0 Å². The predicted octanol–water partition coefficient (Wildman–Crippen LogP) is 3.26. The molecule has 0 aliphatic carbocycles. The lowest BCUT2D eigenvalue weighted by Gasteiger charge is -2.32. The fourth-order valence-electron chi connectivity index (χ4n) is 3.53. The van der Waals surface area contributed by atoms with Crippen molar-refractivity contribution >= 4 is 41.3 Å². The molecule has 0 saturated heterocycles. The smallest absolute Gasteiger partial charge is 0.338 e. The first-order valence-electron chi connectivity index (χ1n) is 9.59. The highest BCUT2D eigenvalue weighted by Crippen LogP contribution is 2.35. The first-order valence-corrected chi connectivity index (χ1v) is 11.2. The average Bonchev–Trinajstić information content (AvgIpc) is 3.16. The summed E-state index contributed by atoms with van der Waals surface area (Å²) in [5, 5.41) is 6.23. The topological polar surface area (TPSA) is 87.7 Å². The van der Waals surface area contributed by atoms with E-state index in [1.165, 1.54) is 4.90 Å². The number of rotatable bonds is 6. The van der Waals surface area contributed by atoms with Crippen LogP contribution in [0.1, 0.15) is 17.2 Å². The molecule has 9 heteroatoms. The van der Waals surface area contributed by atoms with E-state index in [0.717, 1.165) is 16.0 Å². The van der Waals surface area contributed by atoms with Crippen LogP contribution in [0, 0.1) is 0 Å². The Balaban J connectivity index is 1.50. The van der Waals surface area contributed by atoms with E-state index in [-0.39, 0.29) is 19.1 Å². The van der Waals surface area contributed by atoms with E-state index in [1.54, 1.807) is 23.9 Å². The predicted molar refractivity (Wildman–Crippen MR) is 117 cm³/mol. The summed E-state index contributed by atoms with van der Waals surface area (Å²) in [7, 11) is 0. The number of amides is 3. The van der Waals surface area contributed by atoms with Crippen molar-refractivity contribution in [2.45, 2.75) is 17.5 Å². The highest BCUT2D eigenvalue weighted by Gasteiger charge is 2.42. The van der Waals surface area contributed by atoms with E-state index in [1.807, 2.05) is 42.7 Å². The van der Waals surface area contributed by atoms with Crippen LogP contribution in [-0.2, 0) is 20.9 Å². The number of esters is 1. The number of hydrogen-bond acceptors (Lipinski definition) is 5. The van der Waals surface area contributed by atoms with Crippen LogP contribution in [0.25, 0.3) is 0 Å². The number of cyclic esters (lactones) is 1. The van der Waals surface area contributed by atoms with Gasteiger partial charge in [0.2, 0.25) is 5.91 Å². The number of halogens is 1. The number of ether oxygens (including phenoxy) is 1. The maximum absolute atomic E-state index is 12.8. The molecule has 7 nitrogen and oxygen atoms in total. The molecule has 0 radical (unpaired) electrons. The van der Waals surface area contributed by atoms with E-state index in [0.29, 0.717) is 22.8 Å². The lowest BCUT2D eigenvalue weighted by atomic mass is 9.96. The average molecular weight is 458 g/mol. The van der Waals surface area contributed by atoms with Crippen LogP contribution in [-0.4, -0.2) is 42.2 Å². The Kier molecular flexibility index (Phi) is 6.20. The summed E-state index contributed by atoms with van der Waals surface area (Å²) < 4.78 is 5.20. The molecular weight excluding hydrogens is 438 g/mol. The molecule has 0 fully saturated rings. The van der Waals surface area contributed by atoms with Crippen LogP contribution in [0.3, 0.4) is 0 Å². The summed E-state index contributed by atoms with van der Waals surface area (Å²) >= 11 is 7.48. The molecule has 31 heavy (non-hydrogen) atoms. The largest absolute Gasteiger partial charge is 0.456 e.